The minimum atomic E-state index is 0. The lowest BCUT2D eigenvalue weighted by Crippen LogP contribution is -2.45. The van der Waals surface area contributed by atoms with Crippen molar-refractivity contribution in [3.05, 3.63) is 23.8 Å². The molecule has 2 rings (SSSR count). The molecule has 1 aliphatic rings. The number of benzene rings is 1. The van der Waals surface area contributed by atoms with Crippen molar-refractivity contribution in [2.45, 2.75) is 12.5 Å². The SMILES string of the molecule is COc1ccc([C@@H](CCO)N2CCNCC2)cc1O.Cl. The van der Waals surface area contributed by atoms with E-state index in [4.69, 9.17) is 4.74 Å². The molecular weight excluding hydrogens is 280 g/mol. The van der Waals surface area contributed by atoms with Gasteiger partial charge in [0.1, 0.15) is 0 Å². The van der Waals surface area contributed by atoms with E-state index >= 15 is 0 Å². The second-order valence-corrected chi connectivity index (χ2v) is 4.75. The lowest BCUT2D eigenvalue weighted by atomic mass is 10.0. The highest BCUT2D eigenvalue weighted by molar-refractivity contribution is 5.85. The molecule has 0 saturated carbocycles. The summed E-state index contributed by atoms with van der Waals surface area (Å²) >= 11 is 0. The van der Waals surface area contributed by atoms with Gasteiger partial charge in [0.2, 0.25) is 0 Å². The number of aromatic hydroxyl groups is 1. The molecule has 6 heteroatoms. The van der Waals surface area contributed by atoms with Crippen molar-refractivity contribution in [3.8, 4) is 11.5 Å². The maximum Gasteiger partial charge on any atom is 0.160 e. The summed E-state index contributed by atoms with van der Waals surface area (Å²) in [4.78, 5) is 2.34. The van der Waals surface area contributed by atoms with Crippen LogP contribution < -0.4 is 10.1 Å². The summed E-state index contributed by atoms with van der Waals surface area (Å²) in [7, 11) is 1.54. The number of hydrogen-bond acceptors (Lipinski definition) is 5. The van der Waals surface area contributed by atoms with Crippen molar-refractivity contribution in [3.63, 3.8) is 0 Å². The van der Waals surface area contributed by atoms with E-state index in [1.807, 2.05) is 6.07 Å². The van der Waals surface area contributed by atoms with Gasteiger partial charge in [0.15, 0.2) is 11.5 Å². The average Bonchev–Trinajstić information content (AvgIpc) is 2.45. The van der Waals surface area contributed by atoms with Crippen LogP contribution in [0.25, 0.3) is 0 Å². The molecule has 0 aliphatic carbocycles. The molecule has 1 aliphatic heterocycles. The van der Waals surface area contributed by atoms with E-state index in [0.29, 0.717) is 12.2 Å². The van der Waals surface area contributed by atoms with Gasteiger partial charge in [0.25, 0.3) is 0 Å². The fourth-order valence-electron chi connectivity index (χ4n) is 2.59. The highest BCUT2D eigenvalue weighted by atomic mass is 35.5. The van der Waals surface area contributed by atoms with E-state index in [0.717, 1.165) is 31.7 Å². The molecule has 3 N–H and O–H groups in total. The second-order valence-electron chi connectivity index (χ2n) is 4.75. The monoisotopic (exact) mass is 302 g/mol. The highest BCUT2D eigenvalue weighted by Crippen LogP contribution is 2.32. The minimum Gasteiger partial charge on any atom is -0.504 e. The Labute approximate surface area is 126 Å². The lowest BCUT2D eigenvalue weighted by molar-refractivity contribution is 0.141. The summed E-state index contributed by atoms with van der Waals surface area (Å²) in [6.07, 6.45) is 0.672. The third-order valence-electron chi connectivity index (χ3n) is 3.58. The Morgan fingerprint density at radius 2 is 2.05 bits per heavy atom. The standard InChI is InChI=1S/C14H22N2O3.ClH/c1-19-14-3-2-11(10-13(14)18)12(4-9-17)16-7-5-15-6-8-16;/h2-3,10,12,15,17-18H,4-9H2,1H3;1H/t12-;/m1./s1. The van der Waals surface area contributed by atoms with Gasteiger partial charge >= 0.3 is 0 Å². The molecule has 1 saturated heterocycles. The first-order chi connectivity index (χ1) is 9.26. The van der Waals surface area contributed by atoms with Crippen LogP contribution in [0.2, 0.25) is 0 Å². The van der Waals surface area contributed by atoms with E-state index in [-0.39, 0.29) is 30.8 Å². The Balaban J connectivity index is 0.00000200. The first kappa shape index (κ1) is 17.0. The Morgan fingerprint density at radius 3 is 2.60 bits per heavy atom. The van der Waals surface area contributed by atoms with Crippen LogP contribution in [0.5, 0.6) is 11.5 Å². The van der Waals surface area contributed by atoms with E-state index in [2.05, 4.69) is 10.2 Å². The quantitative estimate of drug-likeness (QED) is 0.761. The number of halogens is 1. The van der Waals surface area contributed by atoms with Gasteiger partial charge in [0, 0.05) is 38.8 Å². The number of aliphatic hydroxyl groups excluding tert-OH is 1. The lowest BCUT2D eigenvalue weighted by Gasteiger charge is -2.35. The smallest absolute Gasteiger partial charge is 0.160 e. The van der Waals surface area contributed by atoms with Gasteiger partial charge in [-0.1, -0.05) is 6.07 Å². The van der Waals surface area contributed by atoms with Crippen LogP contribution in [0.15, 0.2) is 18.2 Å². The zero-order valence-corrected chi connectivity index (χ0v) is 12.5. The summed E-state index contributed by atoms with van der Waals surface area (Å²) in [5.41, 5.74) is 1.02. The number of phenols is 1. The maximum absolute atomic E-state index is 9.89. The van der Waals surface area contributed by atoms with Crippen LogP contribution in [-0.4, -0.2) is 55.0 Å². The van der Waals surface area contributed by atoms with Gasteiger partial charge in [0.05, 0.1) is 7.11 Å². The largest absolute Gasteiger partial charge is 0.504 e. The Bertz CT molecular complexity index is 411. The Kier molecular flexibility index (Phi) is 7.09. The van der Waals surface area contributed by atoms with Gasteiger partial charge in [-0.2, -0.15) is 0 Å². The van der Waals surface area contributed by atoms with Crippen molar-refractivity contribution in [2.24, 2.45) is 0 Å². The number of methoxy groups -OCH3 is 1. The van der Waals surface area contributed by atoms with Crippen LogP contribution >= 0.6 is 12.4 Å². The van der Waals surface area contributed by atoms with E-state index in [9.17, 15) is 10.2 Å². The summed E-state index contributed by atoms with van der Waals surface area (Å²) in [5, 5.41) is 22.5. The van der Waals surface area contributed by atoms with E-state index in [1.54, 1.807) is 12.1 Å². The van der Waals surface area contributed by atoms with Crippen molar-refractivity contribution >= 4 is 12.4 Å². The molecule has 0 unspecified atom stereocenters. The number of rotatable bonds is 5. The molecule has 1 aromatic carbocycles. The molecule has 1 fully saturated rings. The van der Waals surface area contributed by atoms with Gasteiger partial charge in [-0.15, -0.1) is 12.4 Å². The van der Waals surface area contributed by atoms with Crippen molar-refractivity contribution in [1.29, 1.82) is 0 Å². The molecule has 1 atom stereocenters. The maximum atomic E-state index is 9.89. The van der Waals surface area contributed by atoms with Crippen LogP contribution in [-0.2, 0) is 0 Å². The van der Waals surface area contributed by atoms with Crippen LogP contribution in [0.4, 0.5) is 0 Å². The number of piperazine rings is 1. The predicted octanol–water partition coefficient (Wildman–Crippen LogP) is 1.15. The summed E-state index contributed by atoms with van der Waals surface area (Å²) in [6, 6.07) is 5.61. The zero-order valence-electron chi connectivity index (χ0n) is 11.7. The van der Waals surface area contributed by atoms with Crippen molar-refractivity contribution in [2.75, 3.05) is 39.9 Å². The number of nitrogens with zero attached hydrogens (tertiary/aromatic N) is 1. The number of phenolic OH excluding ortho intramolecular Hbond substituents is 1. The van der Waals surface area contributed by atoms with E-state index in [1.165, 1.54) is 7.11 Å². The summed E-state index contributed by atoms with van der Waals surface area (Å²) < 4.78 is 5.06. The van der Waals surface area contributed by atoms with Crippen LogP contribution in [0.1, 0.15) is 18.0 Å². The Morgan fingerprint density at radius 1 is 1.35 bits per heavy atom. The molecular formula is C14H23ClN2O3. The minimum absolute atomic E-state index is 0. The zero-order chi connectivity index (χ0) is 13.7. The summed E-state index contributed by atoms with van der Waals surface area (Å²) in [6.45, 7) is 3.98. The number of hydrogen-bond donors (Lipinski definition) is 3. The third-order valence-corrected chi connectivity index (χ3v) is 3.58. The average molecular weight is 303 g/mol. The summed E-state index contributed by atoms with van der Waals surface area (Å²) in [5.74, 6) is 0.630. The molecule has 0 spiro atoms. The molecule has 114 valence electrons. The van der Waals surface area contributed by atoms with Crippen molar-refractivity contribution in [1.82, 2.24) is 10.2 Å². The molecule has 0 aromatic heterocycles. The first-order valence-electron chi connectivity index (χ1n) is 6.68. The fourth-order valence-corrected chi connectivity index (χ4v) is 2.59. The van der Waals surface area contributed by atoms with E-state index < -0.39 is 0 Å². The molecule has 1 heterocycles. The third kappa shape index (κ3) is 3.99. The van der Waals surface area contributed by atoms with Crippen molar-refractivity contribution < 1.29 is 14.9 Å². The normalized spacial score (nSPS) is 17.3. The highest BCUT2D eigenvalue weighted by Gasteiger charge is 2.22. The second kappa shape index (κ2) is 8.32. The van der Waals surface area contributed by atoms with Crippen LogP contribution in [0.3, 0.4) is 0 Å². The van der Waals surface area contributed by atoms with Crippen LogP contribution in [0, 0.1) is 0 Å². The first-order valence-corrected chi connectivity index (χ1v) is 6.68. The predicted molar refractivity (Wildman–Crippen MR) is 80.8 cm³/mol. The molecule has 0 amide bonds. The Hall–Kier alpha value is -1.01. The number of aliphatic hydroxyl groups is 1. The molecule has 0 radical (unpaired) electrons. The molecule has 0 bridgehead atoms. The molecule has 1 aromatic rings. The number of ether oxygens (including phenoxy) is 1. The molecule has 20 heavy (non-hydrogen) atoms. The van der Waals surface area contributed by atoms with Gasteiger partial charge < -0.3 is 20.3 Å². The fraction of sp³-hybridized carbons (Fsp3) is 0.571. The molecule has 5 nitrogen and oxygen atoms in total. The van der Waals surface area contributed by atoms with Gasteiger partial charge in [-0.3, -0.25) is 4.90 Å². The van der Waals surface area contributed by atoms with Gasteiger partial charge in [-0.05, 0) is 24.1 Å². The number of nitrogens with one attached hydrogen (secondary N) is 1. The topological polar surface area (TPSA) is 65.0 Å². The van der Waals surface area contributed by atoms with Gasteiger partial charge in [-0.25, -0.2) is 0 Å².